The van der Waals surface area contributed by atoms with Gasteiger partial charge in [0.15, 0.2) is 6.10 Å². The van der Waals surface area contributed by atoms with Gasteiger partial charge in [-0.15, -0.1) is 0 Å². The van der Waals surface area contributed by atoms with E-state index in [2.05, 4.69) is 4.98 Å². The molecule has 0 amide bonds. The zero-order chi connectivity index (χ0) is 22.4. The van der Waals surface area contributed by atoms with Crippen LogP contribution in [0.25, 0.3) is 0 Å². The fourth-order valence-corrected chi connectivity index (χ4v) is 3.17. The summed E-state index contributed by atoms with van der Waals surface area (Å²) < 4.78 is 20.5. The first-order valence-electron chi connectivity index (χ1n) is 9.44. The van der Waals surface area contributed by atoms with E-state index in [0.29, 0.717) is 34.7 Å². The van der Waals surface area contributed by atoms with E-state index >= 15 is 0 Å². The number of hydrogen-bond acceptors (Lipinski definition) is 7. The summed E-state index contributed by atoms with van der Waals surface area (Å²) in [5.74, 6) is -0.201. The third kappa shape index (κ3) is 5.20. The molecule has 1 heterocycles. The Morgan fingerprint density at radius 1 is 1.00 bits per heavy atom. The second-order valence-corrected chi connectivity index (χ2v) is 6.83. The number of benzene rings is 1. The molecule has 0 bridgehead atoms. The minimum Gasteiger partial charge on any atom is -0.497 e. The lowest BCUT2D eigenvalue weighted by molar-refractivity contribution is -0.146. The van der Waals surface area contributed by atoms with Crippen molar-refractivity contribution in [1.29, 1.82) is 0 Å². The van der Waals surface area contributed by atoms with Crippen molar-refractivity contribution < 1.29 is 33.3 Å². The number of nitrogens with one attached hydrogen (secondary N) is 1. The number of rotatable bonds is 9. The molecule has 2 aromatic rings. The SMILES string of the molecule is COC(=O)c1c(C)[nH]c(C(=O)[C@H](C)OC(=O)CCc2cc(OC)cc(OC)c2)c1C. The van der Waals surface area contributed by atoms with E-state index < -0.39 is 23.8 Å². The molecule has 8 heteroatoms. The molecule has 1 N–H and O–H groups in total. The van der Waals surface area contributed by atoms with Crippen molar-refractivity contribution in [3.05, 3.63) is 46.3 Å². The molecule has 2 rings (SSSR count). The second-order valence-electron chi connectivity index (χ2n) is 6.83. The number of aromatic nitrogens is 1. The van der Waals surface area contributed by atoms with Crippen molar-refractivity contribution in [3.63, 3.8) is 0 Å². The maximum Gasteiger partial charge on any atom is 0.339 e. The van der Waals surface area contributed by atoms with Crippen LogP contribution in [0.4, 0.5) is 0 Å². The molecule has 1 atom stereocenters. The van der Waals surface area contributed by atoms with Crippen LogP contribution in [0.5, 0.6) is 11.5 Å². The monoisotopic (exact) mass is 417 g/mol. The lowest BCUT2D eigenvalue weighted by atomic mass is 10.1. The first kappa shape index (κ1) is 23.0. The Balaban J connectivity index is 2.03. The molecule has 0 saturated heterocycles. The molecule has 0 saturated carbocycles. The first-order chi connectivity index (χ1) is 14.2. The minimum atomic E-state index is -1.00. The number of esters is 2. The van der Waals surface area contributed by atoms with E-state index in [0.717, 1.165) is 5.56 Å². The highest BCUT2D eigenvalue weighted by Gasteiger charge is 2.27. The van der Waals surface area contributed by atoms with Crippen LogP contribution in [-0.2, 0) is 20.7 Å². The molecule has 0 aliphatic rings. The smallest absolute Gasteiger partial charge is 0.339 e. The Morgan fingerprint density at radius 3 is 2.13 bits per heavy atom. The molecule has 30 heavy (non-hydrogen) atoms. The van der Waals surface area contributed by atoms with Crippen molar-refractivity contribution in [2.75, 3.05) is 21.3 Å². The minimum absolute atomic E-state index is 0.0874. The van der Waals surface area contributed by atoms with Gasteiger partial charge in [-0.1, -0.05) is 0 Å². The summed E-state index contributed by atoms with van der Waals surface area (Å²) in [6.45, 7) is 4.82. The van der Waals surface area contributed by atoms with Gasteiger partial charge in [-0.05, 0) is 50.5 Å². The molecular formula is C22H27NO7. The highest BCUT2D eigenvalue weighted by molar-refractivity contribution is 6.03. The van der Waals surface area contributed by atoms with E-state index in [9.17, 15) is 14.4 Å². The number of ether oxygens (including phenoxy) is 4. The predicted octanol–water partition coefficient (Wildman–Crippen LogP) is 3.18. The van der Waals surface area contributed by atoms with Crippen LogP contribution in [0.3, 0.4) is 0 Å². The van der Waals surface area contributed by atoms with Gasteiger partial charge in [-0.2, -0.15) is 0 Å². The summed E-state index contributed by atoms with van der Waals surface area (Å²) in [5.41, 5.74) is 2.38. The van der Waals surface area contributed by atoms with Crippen LogP contribution in [0.1, 0.15) is 51.0 Å². The van der Waals surface area contributed by atoms with Crippen molar-refractivity contribution in [3.8, 4) is 11.5 Å². The summed E-state index contributed by atoms with van der Waals surface area (Å²) in [6.07, 6.45) is -0.510. The molecule has 0 spiro atoms. The summed E-state index contributed by atoms with van der Waals surface area (Å²) in [5, 5.41) is 0. The van der Waals surface area contributed by atoms with Crippen LogP contribution < -0.4 is 9.47 Å². The second kappa shape index (κ2) is 9.96. The molecule has 0 aliphatic heterocycles. The zero-order valence-electron chi connectivity index (χ0n) is 18.1. The molecule has 0 aliphatic carbocycles. The van der Waals surface area contributed by atoms with Gasteiger partial charge < -0.3 is 23.9 Å². The largest absolute Gasteiger partial charge is 0.497 e. The van der Waals surface area contributed by atoms with Gasteiger partial charge in [-0.25, -0.2) is 4.79 Å². The molecular weight excluding hydrogens is 390 g/mol. The maximum atomic E-state index is 12.7. The summed E-state index contributed by atoms with van der Waals surface area (Å²) in [6, 6.07) is 5.36. The Labute approximate surface area is 175 Å². The number of carbonyl (C=O) groups excluding carboxylic acids is 3. The van der Waals surface area contributed by atoms with E-state index in [4.69, 9.17) is 18.9 Å². The van der Waals surface area contributed by atoms with Crippen molar-refractivity contribution in [2.45, 2.75) is 39.7 Å². The van der Waals surface area contributed by atoms with Gasteiger partial charge in [0.25, 0.3) is 0 Å². The van der Waals surface area contributed by atoms with E-state index in [1.807, 2.05) is 12.1 Å². The molecule has 0 radical (unpaired) electrons. The number of H-pyrrole nitrogens is 1. The normalized spacial score (nSPS) is 11.5. The fourth-order valence-electron chi connectivity index (χ4n) is 3.17. The molecule has 1 aromatic carbocycles. The standard InChI is InChI=1S/C22H27NO7/c1-12-19(22(26)29-6)13(2)23-20(12)21(25)14(3)30-18(24)8-7-15-9-16(27-4)11-17(10-15)28-5/h9-11,14,23H,7-8H2,1-6H3/t14-/m0/s1. The Kier molecular flexibility index (Phi) is 7.63. The third-order valence-electron chi connectivity index (χ3n) is 4.78. The summed E-state index contributed by atoms with van der Waals surface area (Å²) in [4.78, 5) is 39.8. The Bertz CT molecular complexity index is 923. The van der Waals surface area contributed by atoms with Crippen LogP contribution in [0, 0.1) is 13.8 Å². The van der Waals surface area contributed by atoms with E-state index in [1.54, 1.807) is 34.1 Å². The number of ketones is 1. The average Bonchev–Trinajstić information content (AvgIpc) is 3.04. The topological polar surface area (TPSA) is 104 Å². The quantitative estimate of drug-likeness (QED) is 0.494. The number of Topliss-reactive ketones (excluding diaryl/α,β-unsaturated/α-hetero) is 1. The summed E-state index contributed by atoms with van der Waals surface area (Å²) in [7, 11) is 4.38. The van der Waals surface area contributed by atoms with Crippen molar-refractivity contribution in [1.82, 2.24) is 4.98 Å². The zero-order valence-corrected chi connectivity index (χ0v) is 18.1. The summed E-state index contributed by atoms with van der Waals surface area (Å²) >= 11 is 0. The van der Waals surface area contributed by atoms with Crippen molar-refractivity contribution >= 4 is 17.7 Å². The van der Waals surface area contributed by atoms with E-state index in [1.165, 1.54) is 14.0 Å². The predicted molar refractivity (Wildman–Crippen MR) is 109 cm³/mol. The van der Waals surface area contributed by atoms with Gasteiger partial charge in [0.05, 0.1) is 32.6 Å². The van der Waals surface area contributed by atoms with Gasteiger partial charge in [0.1, 0.15) is 11.5 Å². The molecule has 0 unspecified atom stereocenters. The Hall–Kier alpha value is -3.29. The highest BCUT2D eigenvalue weighted by Crippen LogP contribution is 2.24. The van der Waals surface area contributed by atoms with E-state index in [-0.39, 0.29) is 12.1 Å². The molecule has 0 fully saturated rings. The maximum absolute atomic E-state index is 12.7. The fraction of sp³-hybridized carbons (Fsp3) is 0.409. The van der Waals surface area contributed by atoms with Crippen LogP contribution >= 0.6 is 0 Å². The number of carbonyl (C=O) groups is 3. The molecule has 1 aromatic heterocycles. The molecule has 162 valence electrons. The average molecular weight is 417 g/mol. The number of methoxy groups -OCH3 is 3. The van der Waals surface area contributed by atoms with Crippen LogP contribution in [0.2, 0.25) is 0 Å². The lowest BCUT2D eigenvalue weighted by Gasteiger charge is -2.13. The van der Waals surface area contributed by atoms with Gasteiger partial charge in [0.2, 0.25) is 5.78 Å². The highest BCUT2D eigenvalue weighted by atomic mass is 16.5. The number of hydrogen-bond donors (Lipinski definition) is 1. The van der Waals surface area contributed by atoms with Crippen LogP contribution in [-0.4, -0.2) is 50.1 Å². The van der Waals surface area contributed by atoms with Gasteiger partial charge in [-0.3, -0.25) is 9.59 Å². The number of aryl methyl sites for hydroxylation is 2. The Morgan fingerprint density at radius 2 is 1.60 bits per heavy atom. The lowest BCUT2D eigenvalue weighted by Crippen LogP contribution is -2.25. The third-order valence-corrected chi connectivity index (χ3v) is 4.78. The first-order valence-corrected chi connectivity index (χ1v) is 9.44. The number of aromatic amines is 1. The van der Waals surface area contributed by atoms with Gasteiger partial charge in [0, 0.05) is 18.2 Å². The van der Waals surface area contributed by atoms with Crippen molar-refractivity contribution in [2.24, 2.45) is 0 Å². The van der Waals surface area contributed by atoms with Crippen LogP contribution in [0.15, 0.2) is 18.2 Å². The molecule has 8 nitrogen and oxygen atoms in total. The van der Waals surface area contributed by atoms with Gasteiger partial charge >= 0.3 is 11.9 Å².